The molecule has 174 valence electrons. The molecular formula is C25H25N5O4. The summed E-state index contributed by atoms with van der Waals surface area (Å²) in [7, 11) is 0. The molecule has 1 amide bonds. The molecule has 0 saturated heterocycles. The first-order valence-corrected chi connectivity index (χ1v) is 10.8. The van der Waals surface area contributed by atoms with E-state index < -0.39 is 12.0 Å². The molecule has 34 heavy (non-hydrogen) atoms. The number of para-hydroxylation sites is 1. The van der Waals surface area contributed by atoms with Crippen molar-refractivity contribution >= 4 is 17.6 Å². The number of anilines is 1. The maximum Gasteiger partial charge on any atom is 0.328 e. The van der Waals surface area contributed by atoms with Gasteiger partial charge in [-0.2, -0.15) is 10.2 Å². The van der Waals surface area contributed by atoms with Crippen LogP contribution < -0.4 is 10.1 Å². The van der Waals surface area contributed by atoms with E-state index in [4.69, 9.17) is 9.84 Å². The summed E-state index contributed by atoms with van der Waals surface area (Å²) in [6, 6.07) is 16.5. The number of carboxylic acids is 1. The third-order valence-electron chi connectivity index (χ3n) is 5.45. The molecular weight excluding hydrogens is 434 g/mol. The average molecular weight is 460 g/mol. The first kappa shape index (κ1) is 22.8. The number of carboxylic acid groups (broad SMARTS) is 1. The third kappa shape index (κ3) is 4.98. The van der Waals surface area contributed by atoms with Gasteiger partial charge in [-0.3, -0.25) is 14.2 Å². The van der Waals surface area contributed by atoms with E-state index in [9.17, 15) is 9.59 Å². The maximum atomic E-state index is 12.7. The second-order valence-corrected chi connectivity index (χ2v) is 7.94. The Balaban J connectivity index is 1.48. The summed E-state index contributed by atoms with van der Waals surface area (Å²) in [4.78, 5) is 23.9. The Bertz CT molecular complexity index is 1330. The lowest BCUT2D eigenvalue weighted by atomic mass is 10.2. The summed E-state index contributed by atoms with van der Waals surface area (Å²) in [5, 5.41) is 20.6. The maximum absolute atomic E-state index is 12.7. The van der Waals surface area contributed by atoms with Gasteiger partial charge in [0.2, 0.25) is 0 Å². The van der Waals surface area contributed by atoms with Crippen LogP contribution >= 0.6 is 0 Å². The Morgan fingerprint density at radius 2 is 1.82 bits per heavy atom. The summed E-state index contributed by atoms with van der Waals surface area (Å²) >= 11 is 0. The van der Waals surface area contributed by atoms with Crippen molar-refractivity contribution in [3.8, 4) is 11.5 Å². The van der Waals surface area contributed by atoms with E-state index in [1.54, 1.807) is 0 Å². The molecule has 2 aromatic carbocycles. The zero-order valence-electron chi connectivity index (χ0n) is 19.1. The Labute approximate surface area is 196 Å². The number of aryl methyl sites for hydroxylation is 1. The molecule has 0 aliphatic carbocycles. The van der Waals surface area contributed by atoms with Crippen LogP contribution in [0.5, 0.6) is 11.5 Å². The second-order valence-electron chi connectivity index (χ2n) is 7.94. The smallest absolute Gasteiger partial charge is 0.328 e. The lowest BCUT2D eigenvalue weighted by Gasteiger charge is -2.09. The van der Waals surface area contributed by atoms with Gasteiger partial charge < -0.3 is 15.2 Å². The summed E-state index contributed by atoms with van der Waals surface area (Å²) in [6.45, 7) is 5.71. The van der Waals surface area contributed by atoms with Crippen molar-refractivity contribution in [1.82, 2.24) is 19.6 Å². The van der Waals surface area contributed by atoms with Crippen LogP contribution in [-0.4, -0.2) is 36.5 Å². The highest BCUT2D eigenvalue weighted by Gasteiger charge is 2.19. The molecule has 0 radical (unpaired) electrons. The number of aromatic nitrogens is 4. The minimum atomic E-state index is -1.03. The van der Waals surface area contributed by atoms with Gasteiger partial charge in [-0.05, 0) is 50.6 Å². The minimum absolute atomic E-state index is 0.269. The van der Waals surface area contributed by atoms with Crippen molar-refractivity contribution in [3.05, 3.63) is 89.5 Å². The molecule has 0 spiro atoms. The SMILES string of the molecule is Cc1nn(Cc2cccc(Oc3ccccc3)c2)c(C)c1NC(=O)c1cnn(C(C)C(=O)O)c1. The number of nitrogens with zero attached hydrogens (tertiary/aromatic N) is 4. The molecule has 4 aromatic rings. The first-order valence-electron chi connectivity index (χ1n) is 10.8. The minimum Gasteiger partial charge on any atom is -0.480 e. The highest BCUT2D eigenvalue weighted by atomic mass is 16.5. The van der Waals surface area contributed by atoms with Gasteiger partial charge in [-0.15, -0.1) is 0 Å². The zero-order chi connectivity index (χ0) is 24.2. The number of rotatable bonds is 8. The van der Waals surface area contributed by atoms with E-state index in [0.717, 1.165) is 22.8 Å². The number of benzene rings is 2. The number of amides is 1. The quantitative estimate of drug-likeness (QED) is 0.403. The van der Waals surface area contributed by atoms with Crippen molar-refractivity contribution in [2.24, 2.45) is 0 Å². The van der Waals surface area contributed by atoms with E-state index in [1.165, 1.54) is 24.0 Å². The molecule has 2 heterocycles. The molecule has 9 heteroatoms. The van der Waals surface area contributed by atoms with Crippen LogP contribution in [0, 0.1) is 13.8 Å². The van der Waals surface area contributed by atoms with Crippen LogP contribution in [0.4, 0.5) is 5.69 Å². The second kappa shape index (κ2) is 9.62. The molecule has 9 nitrogen and oxygen atoms in total. The predicted molar refractivity (Wildman–Crippen MR) is 126 cm³/mol. The fraction of sp³-hybridized carbons (Fsp3) is 0.200. The van der Waals surface area contributed by atoms with E-state index in [0.29, 0.717) is 17.9 Å². The molecule has 1 unspecified atom stereocenters. The van der Waals surface area contributed by atoms with E-state index in [-0.39, 0.29) is 11.5 Å². The summed E-state index contributed by atoms with van der Waals surface area (Å²) < 4.78 is 8.98. The van der Waals surface area contributed by atoms with Crippen LogP contribution in [0.1, 0.15) is 40.3 Å². The molecule has 0 saturated carbocycles. The first-order chi connectivity index (χ1) is 16.3. The van der Waals surface area contributed by atoms with Crippen molar-refractivity contribution in [2.45, 2.75) is 33.4 Å². The number of carbonyl (C=O) groups excluding carboxylic acids is 1. The molecule has 2 N–H and O–H groups in total. The molecule has 1 atom stereocenters. The highest BCUT2D eigenvalue weighted by Crippen LogP contribution is 2.25. The Morgan fingerprint density at radius 1 is 1.09 bits per heavy atom. The fourth-order valence-electron chi connectivity index (χ4n) is 3.50. The molecule has 2 aromatic heterocycles. The normalized spacial score (nSPS) is 11.7. The molecule has 4 rings (SSSR count). The third-order valence-corrected chi connectivity index (χ3v) is 5.45. The number of hydrogen-bond acceptors (Lipinski definition) is 5. The van der Waals surface area contributed by atoms with Crippen molar-refractivity contribution in [3.63, 3.8) is 0 Å². The van der Waals surface area contributed by atoms with Crippen LogP contribution in [0.2, 0.25) is 0 Å². The van der Waals surface area contributed by atoms with Gasteiger partial charge in [-0.25, -0.2) is 4.79 Å². The molecule has 0 aliphatic rings. The monoisotopic (exact) mass is 459 g/mol. The van der Waals surface area contributed by atoms with E-state index in [1.807, 2.05) is 73.1 Å². The zero-order valence-corrected chi connectivity index (χ0v) is 19.1. The van der Waals surface area contributed by atoms with E-state index in [2.05, 4.69) is 15.5 Å². The Hall–Kier alpha value is -4.40. The molecule has 0 fully saturated rings. The topological polar surface area (TPSA) is 111 Å². The van der Waals surface area contributed by atoms with Crippen LogP contribution in [0.15, 0.2) is 67.0 Å². The number of hydrogen-bond donors (Lipinski definition) is 2. The van der Waals surface area contributed by atoms with E-state index >= 15 is 0 Å². The van der Waals surface area contributed by atoms with Crippen molar-refractivity contribution < 1.29 is 19.4 Å². The fourth-order valence-corrected chi connectivity index (χ4v) is 3.50. The van der Waals surface area contributed by atoms with Crippen LogP contribution in [-0.2, 0) is 11.3 Å². The Kier molecular flexibility index (Phi) is 6.44. The van der Waals surface area contributed by atoms with Gasteiger partial charge in [0, 0.05) is 6.20 Å². The van der Waals surface area contributed by atoms with Gasteiger partial charge in [0.25, 0.3) is 5.91 Å². The Morgan fingerprint density at radius 3 is 2.56 bits per heavy atom. The van der Waals surface area contributed by atoms with Gasteiger partial charge in [0.1, 0.15) is 17.5 Å². The standard InChI is InChI=1S/C25H25N5O4/c1-16-23(27-24(31)20-13-26-29(15-20)18(3)25(32)33)17(2)30(28-16)14-19-8-7-11-22(12-19)34-21-9-5-4-6-10-21/h4-13,15,18H,14H2,1-3H3,(H,27,31)(H,32,33). The molecule has 0 aliphatic heterocycles. The van der Waals surface area contributed by atoms with Crippen molar-refractivity contribution in [2.75, 3.05) is 5.32 Å². The van der Waals surface area contributed by atoms with Crippen LogP contribution in [0.25, 0.3) is 0 Å². The van der Waals surface area contributed by atoms with Gasteiger partial charge in [-0.1, -0.05) is 30.3 Å². The average Bonchev–Trinajstić information content (AvgIpc) is 3.41. The van der Waals surface area contributed by atoms with Gasteiger partial charge >= 0.3 is 5.97 Å². The lowest BCUT2D eigenvalue weighted by molar-refractivity contribution is -0.140. The number of carbonyl (C=O) groups is 2. The number of ether oxygens (including phenoxy) is 1. The summed E-state index contributed by atoms with van der Waals surface area (Å²) in [6.07, 6.45) is 2.77. The van der Waals surface area contributed by atoms with Gasteiger partial charge in [0.15, 0.2) is 0 Å². The van der Waals surface area contributed by atoms with Crippen LogP contribution in [0.3, 0.4) is 0 Å². The number of aliphatic carboxylic acids is 1. The summed E-state index contributed by atoms with van der Waals surface area (Å²) in [5.41, 5.74) is 3.35. The predicted octanol–water partition coefficient (Wildman–Crippen LogP) is 4.43. The van der Waals surface area contributed by atoms with Gasteiger partial charge in [0.05, 0.1) is 35.4 Å². The molecule has 0 bridgehead atoms. The largest absolute Gasteiger partial charge is 0.480 e. The summed E-state index contributed by atoms with van der Waals surface area (Å²) in [5.74, 6) is 0.0808. The van der Waals surface area contributed by atoms with Crippen molar-refractivity contribution in [1.29, 1.82) is 0 Å². The number of nitrogens with one attached hydrogen (secondary N) is 1. The lowest BCUT2D eigenvalue weighted by Crippen LogP contribution is -2.16. The highest BCUT2D eigenvalue weighted by molar-refractivity contribution is 6.04.